The van der Waals surface area contributed by atoms with Crippen molar-refractivity contribution in [2.45, 2.75) is 66.9 Å². The van der Waals surface area contributed by atoms with Gasteiger partial charge in [-0.05, 0) is 38.5 Å². The molecule has 0 aliphatic rings. The summed E-state index contributed by atoms with van der Waals surface area (Å²) in [6, 6.07) is 0. The molecular formula is C13H26O3. The zero-order valence-corrected chi connectivity index (χ0v) is 11.7. The quantitative estimate of drug-likeness (QED) is 0.545. The van der Waals surface area contributed by atoms with Crippen LogP contribution in [0.25, 0.3) is 0 Å². The summed E-state index contributed by atoms with van der Waals surface area (Å²) in [5, 5.41) is 0. The Morgan fingerprint density at radius 2 is 1.62 bits per heavy atom. The van der Waals surface area contributed by atoms with Crippen LogP contribution < -0.4 is 0 Å². The fraction of sp³-hybridized carbons (Fsp3) is 0.923. The summed E-state index contributed by atoms with van der Waals surface area (Å²) in [6.07, 6.45) is 1.41. The standard InChI is InChI=1S/C13H26O3/c1-10(9-12(2,3)4)8-11(14)15-16-13(5,6)7/h10H,8-9H2,1-7H3/t10-/m0/s1. The van der Waals surface area contributed by atoms with Gasteiger partial charge in [-0.3, -0.25) is 4.89 Å². The molecule has 3 heteroatoms. The fourth-order valence-electron chi connectivity index (χ4n) is 1.61. The van der Waals surface area contributed by atoms with E-state index < -0.39 is 5.60 Å². The highest BCUT2D eigenvalue weighted by molar-refractivity contribution is 5.68. The molecule has 0 aliphatic heterocycles. The first-order chi connectivity index (χ1) is 6.99. The molecule has 0 saturated carbocycles. The Balaban J connectivity index is 3.88. The van der Waals surface area contributed by atoms with Crippen LogP contribution in [0.15, 0.2) is 0 Å². The van der Waals surface area contributed by atoms with Crippen molar-refractivity contribution >= 4 is 5.97 Å². The first-order valence-electron chi connectivity index (χ1n) is 5.88. The third-order valence-electron chi connectivity index (χ3n) is 1.86. The van der Waals surface area contributed by atoms with Gasteiger partial charge in [0.05, 0.1) is 6.42 Å². The number of hydrogen-bond acceptors (Lipinski definition) is 3. The number of carbonyl (C=O) groups is 1. The number of hydrogen-bond donors (Lipinski definition) is 0. The van der Waals surface area contributed by atoms with E-state index in [0.29, 0.717) is 12.3 Å². The minimum Gasteiger partial charge on any atom is -0.298 e. The van der Waals surface area contributed by atoms with Crippen molar-refractivity contribution in [3.63, 3.8) is 0 Å². The van der Waals surface area contributed by atoms with Crippen molar-refractivity contribution in [2.75, 3.05) is 0 Å². The minimum absolute atomic E-state index is 0.241. The van der Waals surface area contributed by atoms with Gasteiger partial charge in [-0.15, -0.1) is 0 Å². The van der Waals surface area contributed by atoms with E-state index in [-0.39, 0.29) is 11.4 Å². The summed E-state index contributed by atoms with van der Waals surface area (Å²) in [4.78, 5) is 21.2. The lowest BCUT2D eigenvalue weighted by atomic mass is 9.84. The molecule has 0 amide bonds. The van der Waals surface area contributed by atoms with Crippen molar-refractivity contribution in [1.82, 2.24) is 0 Å². The van der Waals surface area contributed by atoms with Gasteiger partial charge in [0.1, 0.15) is 5.60 Å². The van der Waals surface area contributed by atoms with E-state index in [4.69, 9.17) is 9.78 Å². The molecule has 0 saturated heterocycles. The van der Waals surface area contributed by atoms with Crippen molar-refractivity contribution in [3.8, 4) is 0 Å². The van der Waals surface area contributed by atoms with E-state index in [1.807, 2.05) is 20.8 Å². The molecule has 1 atom stereocenters. The topological polar surface area (TPSA) is 35.5 Å². The Kier molecular flexibility index (Phi) is 5.47. The predicted octanol–water partition coefficient (Wildman–Crippen LogP) is 3.72. The zero-order chi connectivity index (χ0) is 13.0. The Morgan fingerprint density at radius 3 is 2.00 bits per heavy atom. The Morgan fingerprint density at radius 1 is 1.12 bits per heavy atom. The Hall–Kier alpha value is -0.570. The minimum atomic E-state index is -0.442. The molecule has 16 heavy (non-hydrogen) atoms. The van der Waals surface area contributed by atoms with Gasteiger partial charge < -0.3 is 0 Å². The first kappa shape index (κ1) is 15.4. The van der Waals surface area contributed by atoms with Crippen LogP contribution in [0.5, 0.6) is 0 Å². The van der Waals surface area contributed by atoms with Crippen LogP contribution >= 0.6 is 0 Å². The van der Waals surface area contributed by atoms with Crippen molar-refractivity contribution in [2.24, 2.45) is 11.3 Å². The fourth-order valence-corrected chi connectivity index (χ4v) is 1.61. The molecule has 0 spiro atoms. The second-order valence-corrected chi connectivity index (χ2v) is 6.73. The van der Waals surface area contributed by atoms with Gasteiger partial charge in [0.15, 0.2) is 0 Å². The number of carbonyl (C=O) groups excluding carboxylic acids is 1. The van der Waals surface area contributed by atoms with Crippen LogP contribution in [0.3, 0.4) is 0 Å². The third kappa shape index (κ3) is 9.97. The Bertz CT molecular complexity index is 220. The van der Waals surface area contributed by atoms with E-state index in [9.17, 15) is 4.79 Å². The van der Waals surface area contributed by atoms with E-state index in [1.165, 1.54) is 0 Å². The van der Waals surface area contributed by atoms with Gasteiger partial charge in [0.2, 0.25) is 0 Å². The highest BCUT2D eigenvalue weighted by atomic mass is 17.2. The average Bonchev–Trinajstić information content (AvgIpc) is 1.95. The molecule has 96 valence electrons. The lowest BCUT2D eigenvalue weighted by Crippen LogP contribution is -2.23. The molecule has 0 rings (SSSR count). The van der Waals surface area contributed by atoms with Crippen LogP contribution in [0, 0.1) is 11.3 Å². The van der Waals surface area contributed by atoms with E-state index >= 15 is 0 Å². The average molecular weight is 230 g/mol. The first-order valence-corrected chi connectivity index (χ1v) is 5.88. The maximum Gasteiger partial charge on any atom is 0.342 e. The van der Waals surface area contributed by atoms with Gasteiger partial charge in [-0.2, -0.15) is 4.89 Å². The molecule has 0 fully saturated rings. The smallest absolute Gasteiger partial charge is 0.298 e. The maximum absolute atomic E-state index is 11.4. The van der Waals surface area contributed by atoms with Crippen molar-refractivity contribution in [1.29, 1.82) is 0 Å². The molecule has 0 bridgehead atoms. The molecular weight excluding hydrogens is 204 g/mol. The summed E-state index contributed by atoms with van der Waals surface area (Å²) in [5.74, 6) is 0.0303. The zero-order valence-electron chi connectivity index (χ0n) is 11.7. The van der Waals surface area contributed by atoms with E-state index in [2.05, 4.69) is 27.7 Å². The molecule has 0 aromatic rings. The highest BCUT2D eigenvalue weighted by Gasteiger charge is 2.20. The molecule has 3 nitrogen and oxygen atoms in total. The predicted molar refractivity (Wildman–Crippen MR) is 64.8 cm³/mol. The van der Waals surface area contributed by atoms with Gasteiger partial charge >= 0.3 is 5.97 Å². The monoisotopic (exact) mass is 230 g/mol. The molecule has 0 aromatic heterocycles. The van der Waals surface area contributed by atoms with Gasteiger partial charge in [-0.1, -0.05) is 27.7 Å². The molecule has 0 N–H and O–H groups in total. The molecule has 0 radical (unpaired) electrons. The second kappa shape index (κ2) is 5.67. The lowest BCUT2D eigenvalue weighted by molar-refractivity contribution is -0.321. The maximum atomic E-state index is 11.4. The molecule has 0 heterocycles. The van der Waals surface area contributed by atoms with Crippen LogP contribution in [-0.2, 0) is 14.6 Å². The third-order valence-corrected chi connectivity index (χ3v) is 1.86. The molecule has 0 unspecified atom stereocenters. The van der Waals surface area contributed by atoms with E-state index in [1.54, 1.807) is 0 Å². The summed E-state index contributed by atoms with van der Waals surface area (Å²) in [5.41, 5.74) is -0.201. The van der Waals surface area contributed by atoms with E-state index in [0.717, 1.165) is 6.42 Å². The Labute approximate surface area is 99.4 Å². The largest absolute Gasteiger partial charge is 0.342 e. The van der Waals surface area contributed by atoms with Gasteiger partial charge in [-0.25, -0.2) is 4.79 Å². The van der Waals surface area contributed by atoms with Crippen LogP contribution in [0.2, 0.25) is 0 Å². The molecule has 0 aromatic carbocycles. The summed E-state index contributed by atoms with van der Waals surface area (Å²) in [6.45, 7) is 14.1. The normalized spacial score (nSPS) is 14.7. The summed E-state index contributed by atoms with van der Waals surface area (Å²) >= 11 is 0. The van der Waals surface area contributed by atoms with Crippen molar-refractivity contribution in [3.05, 3.63) is 0 Å². The summed E-state index contributed by atoms with van der Waals surface area (Å²) in [7, 11) is 0. The van der Waals surface area contributed by atoms with Crippen LogP contribution in [-0.4, -0.2) is 11.6 Å². The summed E-state index contributed by atoms with van der Waals surface area (Å²) < 4.78 is 0. The van der Waals surface area contributed by atoms with Crippen molar-refractivity contribution < 1.29 is 14.6 Å². The molecule has 0 aliphatic carbocycles. The van der Waals surface area contributed by atoms with Crippen LogP contribution in [0.1, 0.15) is 61.3 Å². The second-order valence-electron chi connectivity index (χ2n) is 6.73. The highest BCUT2D eigenvalue weighted by Crippen LogP contribution is 2.26. The number of rotatable bonds is 4. The SMILES string of the molecule is C[C@@H](CC(=O)OOC(C)(C)C)CC(C)(C)C. The van der Waals surface area contributed by atoms with Gasteiger partial charge in [0, 0.05) is 0 Å². The lowest BCUT2D eigenvalue weighted by Gasteiger charge is -2.23. The van der Waals surface area contributed by atoms with Gasteiger partial charge in [0.25, 0.3) is 0 Å². The van der Waals surface area contributed by atoms with Crippen LogP contribution in [0.4, 0.5) is 0 Å².